The Morgan fingerprint density at radius 2 is 1.86 bits per heavy atom. The summed E-state index contributed by atoms with van der Waals surface area (Å²) in [5.41, 5.74) is 6.01. The molecule has 3 aliphatic heterocycles. The van der Waals surface area contributed by atoms with E-state index in [4.69, 9.17) is 9.72 Å². The van der Waals surface area contributed by atoms with Crippen molar-refractivity contribution in [3.8, 4) is 11.4 Å². The summed E-state index contributed by atoms with van der Waals surface area (Å²) in [7, 11) is 0. The van der Waals surface area contributed by atoms with Gasteiger partial charge in [-0.25, -0.2) is 24.3 Å². The van der Waals surface area contributed by atoms with Gasteiger partial charge in [0.25, 0.3) is 5.91 Å². The number of amides is 1. The smallest absolute Gasteiger partial charge is 0.274 e. The van der Waals surface area contributed by atoms with Crippen molar-refractivity contribution in [3.05, 3.63) is 71.2 Å². The molecule has 14 heteroatoms. The number of rotatable bonds is 7. The van der Waals surface area contributed by atoms with Crippen LogP contribution in [0.25, 0.3) is 22.6 Å². The van der Waals surface area contributed by atoms with Crippen LogP contribution >= 0.6 is 0 Å². The maximum absolute atomic E-state index is 15.4. The number of pyridine rings is 1. The predicted octanol–water partition coefficient (Wildman–Crippen LogP) is 3.65. The Balaban J connectivity index is 1.01. The van der Waals surface area contributed by atoms with Crippen molar-refractivity contribution in [1.29, 1.82) is 0 Å². The van der Waals surface area contributed by atoms with Crippen molar-refractivity contribution in [3.63, 3.8) is 0 Å². The Morgan fingerprint density at radius 3 is 2.63 bits per heavy atom. The van der Waals surface area contributed by atoms with Crippen LogP contribution in [0, 0.1) is 5.82 Å². The van der Waals surface area contributed by atoms with Gasteiger partial charge in [-0.3, -0.25) is 9.69 Å². The summed E-state index contributed by atoms with van der Waals surface area (Å²) in [6.45, 7) is 6.02. The molecule has 1 amide bonds. The van der Waals surface area contributed by atoms with Crippen molar-refractivity contribution in [2.45, 2.75) is 44.9 Å². The Morgan fingerprint density at radius 1 is 1.00 bits per heavy atom. The highest BCUT2D eigenvalue weighted by Crippen LogP contribution is 2.36. The molecule has 49 heavy (non-hydrogen) atoms. The molecule has 4 aromatic heterocycles. The van der Waals surface area contributed by atoms with Gasteiger partial charge in [0.1, 0.15) is 22.8 Å². The van der Waals surface area contributed by atoms with Gasteiger partial charge in [-0.1, -0.05) is 0 Å². The predicted molar refractivity (Wildman–Crippen MR) is 182 cm³/mol. The van der Waals surface area contributed by atoms with Crippen LogP contribution < -0.4 is 15.1 Å². The molecule has 252 valence electrons. The molecule has 2 saturated heterocycles. The average Bonchev–Trinajstić information content (AvgIpc) is 3.74. The van der Waals surface area contributed by atoms with E-state index in [0.717, 1.165) is 70.8 Å². The molecular weight excluding hydrogens is 627 g/mol. The lowest BCUT2D eigenvalue weighted by Crippen LogP contribution is -2.56. The molecule has 5 aromatic rings. The zero-order valence-corrected chi connectivity index (χ0v) is 27.0. The summed E-state index contributed by atoms with van der Waals surface area (Å²) in [6, 6.07) is 9.08. The number of carbonyl (C=O) groups is 1. The van der Waals surface area contributed by atoms with Crippen LogP contribution in [0.4, 0.5) is 27.4 Å². The molecule has 9 rings (SSSR count). The first kappa shape index (κ1) is 30.2. The highest BCUT2D eigenvalue weighted by molar-refractivity contribution is 6.07. The van der Waals surface area contributed by atoms with Gasteiger partial charge in [-0.2, -0.15) is 0 Å². The number of aromatic amines is 1. The summed E-state index contributed by atoms with van der Waals surface area (Å²) < 4.78 is 22.9. The maximum atomic E-state index is 15.4. The van der Waals surface area contributed by atoms with Gasteiger partial charge in [0.15, 0.2) is 17.3 Å². The van der Waals surface area contributed by atoms with Gasteiger partial charge >= 0.3 is 0 Å². The van der Waals surface area contributed by atoms with Gasteiger partial charge in [0.05, 0.1) is 49.8 Å². The third-order valence-corrected chi connectivity index (χ3v) is 10.4. The number of nitrogens with one attached hydrogen (secondary N) is 2. The normalized spacial score (nSPS) is 18.4. The van der Waals surface area contributed by atoms with Crippen molar-refractivity contribution >= 4 is 40.1 Å². The summed E-state index contributed by atoms with van der Waals surface area (Å²) in [5, 5.41) is 14.0. The summed E-state index contributed by atoms with van der Waals surface area (Å²) in [5.74, 6) is 0.376. The number of benzene rings is 1. The quantitative estimate of drug-likeness (QED) is 0.236. The second-order valence-electron chi connectivity index (χ2n) is 13.2. The van der Waals surface area contributed by atoms with Crippen LogP contribution in [0.3, 0.4) is 0 Å². The lowest BCUT2D eigenvalue weighted by atomic mass is 9.98. The highest BCUT2D eigenvalue weighted by Gasteiger charge is 2.33. The third kappa shape index (κ3) is 5.30. The SMILES string of the molecule is O=C1c2cc3c(n2CCN1c1cc(F)cc(-c2nc(Nc4ccc(N5CCN(C6COC6)CC5)cn4)c4[nH]cnc4n2)c1CO)CCCC3. The second kappa shape index (κ2) is 12.2. The van der Waals surface area contributed by atoms with Crippen molar-refractivity contribution < 1.29 is 19.0 Å². The van der Waals surface area contributed by atoms with Gasteiger partial charge in [-0.15, -0.1) is 0 Å². The van der Waals surface area contributed by atoms with Gasteiger partial charge < -0.3 is 34.5 Å². The number of hydrogen-bond acceptors (Lipinski definition) is 10. The number of carbonyl (C=O) groups excluding carboxylic acids is 1. The minimum Gasteiger partial charge on any atom is -0.392 e. The highest BCUT2D eigenvalue weighted by atomic mass is 19.1. The lowest BCUT2D eigenvalue weighted by molar-refractivity contribution is -0.0660. The first-order valence-electron chi connectivity index (χ1n) is 17.0. The fourth-order valence-electron chi connectivity index (χ4n) is 7.69. The lowest BCUT2D eigenvalue weighted by Gasteiger charge is -2.43. The second-order valence-corrected chi connectivity index (χ2v) is 13.2. The van der Waals surface area contributed by atoms with E-state index in [-0.39, 0.29) is 17.3 Å². The molecule has 0 spiro atoms. The van der Waals surface area contributed by atoms with E-state index < -0.39 is 12.4 Å². The minimum atomic E-state index is -0.561. The molecule has 2 fully saturated rings. The topological polar surface area (TPSA) is 141 Å². The molecule has 0 saturated carbocycles. The number of hydrogen-bond donors (Lipinski definition) is 3. The Labute approximate surface area is 281 Å². The van der Waals surface area contributed by atoms with Crippen molar-refractivity contribution in [1.82, 2.24) is 34.4 Å². The number of fused-ring (bicyclic) bond motifs is 4. The number of aryl methyl sites for hydroxylation is 1. The number of anilines is 4. The number of piperazine rings is 1. The third-order valence-electron chi connectivity index (χ3n) is 10.4. The standard InChI is InChI=1S/C35H37FN10O3/c36-22-14-25(26(17-47)28(15-22)46-12-11-45-27-4-2-1-3-21(27)13-29(45)35(46)48)32-41-33-31(38-20-39-33)34(42-32)40-30-6-5-23(16-37-30)43-7-9-44(10-8-43)24-18-49-19-24/h5-6,13-16,20,24,47H,1-4,7-12,17-19H2,(H2,37,38,39,40,41,42). The van der Waals surface area contributed by atoms with E-state index in [1.807, 2.05) is 24.4 Å². The van der Waals surface area contributed by atoms with Crippen molar-refractivity contribution in [2.75, 3.05) is 61.1 Å². The van der Waals surface area contributed by atoms with Gasteiger partial charge in [-0.05, 0) is 61.6 Å². The largest absolute Gasteiger partial charge is 0.392 e. The molecule has 13 nitrogen and oxygen atoms in total. The number of halogens is 1. The van der Waals surface area contributed by atoms with E-state index in [1.165, 1.54) is 29.7 Å². The number of aliphatic hydroxyl groups excluding tert-OH is 1. The Bertz CT molecular complexity index is 2050. The van der Waals surface area contributed by atoms with E-state index in [9.17, 15) is 9.90 Å². The van der Waals surface area contributed by atoms with E-state index in [1.54, 1.807) is 4.90 Å². The zero-order chi connectivity index (χ0) is 33.1. The number of aliphatic hydroxyl groups is 1. The first-order valence-corrected chi connectivity index (χ1v) is 17.0. The number of ether oxygens (including phenoxy) is 1. The van der Waals surface area contributed by atoms with E-state index >= 15 is 4.39 Å². The fourth-order valence-corrected chi connectivity index (χ4v) is 7.69. The first-order chi connectivity index (χ1) is 24.0. The molecule has 7 heterocycles. The summed E-state index contributed by atoms with van der Waals surface area (Å²) in [4.78, 5) is 41.8. The Hall–Kier alpha value is -4.92. The molecule has 0 atom stereocenters. The van der Waals surface area contributed by atoms with Gasteiger partial charge in [0.2, 0.25) is 0 Å². The van der Waals surface area contributed by atoms with Crippen LogP contribution in [-0.2, 0) is 30.7 Å². The number of H-pyrrole nitrogens is 1. The van der Waals surface area contributed by atoms with Crippen molar-refractivity contribution in [2.24, 2.45) is 0 Å². The summed E-state index contributed by atoms with van der Waals surface area (Å²) >= 11 is 0. The van der Waals surface area contributed by atoms with Crippen LogP contribution in [0.2, 0.25) is 0 Å². The molecule has 1 aromatic carbocycles. The molecular formula is C35H37FN10O3. The van der Waals surface area contributed by atoms with Crippen LogP contribution in [0.5, 0.6) is 0 Å². The van der Waals surface area contributed by atoms with Crippen LogP contribution in [0.1, 0.15) is 40.2 Å². The molecule has 0 radical (unpaired) electrons. The fraction of sp³-hybridized carbons (Fsp3) is 0.400. The maximum Gasteiger partial charge on any atom is 0.274 e. The minimum absolute atomic E-state index is 0.168. The molecule has 3 N–H and O–H groups in total. The number of nitrogens with zero attached hydrogens (tertiary/aromatic N) is 8. The number of imidazole rings is 1. The zero-order valence-electron chi connectivity index (χ0n) is 27.0. The molecule has 1 aliphatic carbocycles. The summed E-state index contributed by atoms with van der Waals surface area (Å²) in [6.07, 6.45) is 7.53. The van der Waals surface area contributed by atoms with E-state index in [0.29, 0.717) is 58.9 Å². The number of aromatic nitrogens is 6. The average molecular weight is 665 g/mol. The van der Waals surface area contributed by atoms with Crippen LogP contribution in [-0.4, -0.2) is 97.4 Å². The molecule has 4 aliphatic rings. The molecule has 0 bridgehead atoms. The van der Waals surface area contributed by atoms with Gasteiger partial charge in [0, 0.05) is 56.1 Å². The molecule has 0 unspecified atom stereocenters. The Kier molecular flexibility index (Phi) is 7.51. The monoisotopic (exact) mass is 664 g/mol. The van der Waals surface area contributed by atoms with E-state index in [2.05, 4.69) is 39.6 Å². The van der Waals surface area contributed by atoms with Crippen LogP contribution in [0.15, 0.2) is 42.9 Å².